The summed E-state index contributed by atoms with van der Waals surface area (Å²) in [6, 6.07) is 10.3. The average molecular weight is 668 g/mol. The van der Waals surface area contributed by atoms with Gasteiger partial charge in [0.15, 0.2) is 5.82 Å². The lowest BCUT2D eigenvalue weighted by Gasteiger charge is -2.31. The molecular formula is C32H35F2N7O5S. The Hall–Kier alpha value is -4.62. The molecule has 0 aliphatic carbocycles. The number of amides is 1. The van der Waals surface area contributed by atoms with Crippen LogP contribution in [0.2, 0.25) is 0 Å². The first-order valence-electron chi connectivity index (χ1n) is 14.7. The number of pyridine rings is 1. The van der Waals surface area contributed by atoms with Crippen molar-refractivity contribution in [3.05, 3.63) is 77.1 Å². The van der Waals surface area contributed by atoms with Crippen molar-refractivity contribution in [1.29, 1.82) is 0 Å². The van der Waals surface area contributed by atoms with E-state index in [1.165, 1.54) is 22.8 Å². The standard InChI is InChI=1S/C32H35F2N7O5S/c1-32(2,44)11-10-23-8-9-24(28(35-23)27(36-31(42)43)18-20-16-21(33)19-22(34)17-20)25-6-5-7-26-29(25)40(4)37-30(26)38-47(45,46)41-14-12-39(3)13-15-41/h5-9,16-17,19,27,36,44H,12-15,18H2,1-4H3,(H,37,38)(H,42,43). The monoisotopic (exact) mass is 667 g/mol. The van der Waals surface area contributed by atoms with Crippen LogP contribution in [-0.2, 0) is 23.7 Å². The molecule has 1 amide bonds. The number of rotatable bonds is 8. The van der Waals surface area contributed by atoms with Crippen molar-refractivity contribution in [2.75, 3.05) is 37.9 Å². The molecule has 15 heteroatoms. The van der Waals surface area contributed by atoms with E-state index in [0.717, 1.165) is 18.2 Å². The van der Waals surface area contributed by atoms with Gasteiger partial charge >= 0.3 is 16.3 Å². The molecule has 2 aromatic heterocycles. The van der Waals surface area contributed by atoms with Crippen molar-refractivity contribution in [2.24, 2.45) is 7.05 Å². The maximum Gasteiger partial charge on any atom is 0.405 e. The zero-order valence-electron chi connectivity index (χ0n) is 26.3. The number of aromatic nitrogens is 3. The van der Waals surface area contributed by atoms with Crippen LogP contribution in [0.5, 0.6) is 0 Å². The second-order valence-corrected chi connectivity index (χ2v) is 13.6. The molecule has 0 saturated carbocycles. The summed E-state index contributed by atoms with van der Waals surface area (Å²) in [5.74, 6) is 3.95. The molecule has 1 fully saturated rings. The van der Waals surface area contributed by atoms with Gasteiger partial charge in [0.05, 0.1) is 17.3 Å². The number of anilines is 1. The summed E-state index contributed by atoms with van der Waals surface area (Å²) in [5, 5.41) is 27.3. The van der Waals surface area contributed by atoms with Crippen LogP contribution in [0.3, 0.4) is 0 Å². The summed E-state index contributed by atoms with van der Waals surface area (Å²) in [5.41, 5.74) is 0.742. The van der Waals surface area contributed by atoms with E-state index in [4.69, 9.17) is 0 Å². The second kappa shape index (κ2) is 13.2. The topological polar surface area (TPSA) is 153 Å². The number of para-hydroxylation sites is 1. The highest BCUT2D eigenvalue weighted by Crippen LogP contribution is 2.37. The zero-order valence-corrected chi connectivity index (χ0v) is 27.1. The van der Waals surface area contributed by atoms with Gasteiger partial charge < -0.3 is 20.4 Å². The number of fused-ring (bicyclic) bond motifs is 1. The smallest absolute Gasteiger partial charge is 0.405 e. The maximum atomic E-state index is 14.1. The first-order chi connectivity index (χ1) is 22.1. The van der Waals surface area contributed by atoms with E-state index >= 15 is 0 Å². The number of aliphatic hydroxyl groups is 1. The third-order valence-electron chi connectivity index (χ3n) is 7.59. The van der Waals surface area contributed by atoms with Crippen LogP contribution in [0.1, 0.15) is 36.8 Å². The molecule has 0 bridgehead atoms. The van der Waals surface area contributed by atoms with E-state index in [9.17, 15) is 32.2 Å². The van der Waals surface area contributed by atoms with E-state index in [2.05, 4.69) is 32.0 Å². The number of aryl methyl sites for hydroxylation is 1. The van der Waals surface area contributed by atoms with E-state index in [1.54, 1.807) is 37.4 Å². The van der Waals surface area contributed by atoms with Crippen LogP contribution in [0.25, 0.3) is 22.0 Å². The minimum atomic E-state index is -3.92. The third kappa shape index (κ3) is 8.03. The molecule has 5 rings (SSSR count). The molecule has 2 aromatic carbocycles. The number of carbonyl (C=O) groups is 1. The summed E-state index contributed by atoms with van der Waals surface area (Å²) in [4.78, 5) is 18.7. The fraction of sp³-hybridized carbons (Fsp3) is 0.344. The van der Waals surface area contributed by atoms with Gasteiger partial charge in [-0.05, 0) is 69.1 Å². The SMILES string of the molecule is CN1CCN(S(=O)(=O)Nc2nn(C)c3c(-c4ccc(C#CC(C)(C)O)nc4C(Cc4cc(F)cc(F)c4)NC(=O)O)cccc23)CC1. The molecule has 12 nitrogen and oxygen atoms in total. The molecule has 1 aliphatic rings. The number of hydrogen-bond donors (Lipinski definition) is 4. The summed E-state index contributed by atoms with van der Waals surface area (Å²) < 4.78 is 60.4. The zero-order chi connectivity index (χ0) is 34.1. The lowest BCUT2D eigenvalue weighted by molar-refractivity contribution is 0.143. The average Bonchev–Trinajstić information content (AvgIpc) is 3.29. The second-order valence-electron chi connectivity index (χ2n) is 11.9. The predicted molar refractivity (Wildman–Crippen MR) is 173 cm³/mol. The maximum absolute atomic E-state index is 14.1. The molecule has 4 aromatic rings. The van der Waals surface area contributed by atoms with E-state index in [-0.39, 0.29) is 29.2 Å². The van der Waals surface area contributed by atoms with Crippen LogP contribution < -0.4 is 10.0 Å². The number of likely N-dealkylation sites (N-methyl/N-ethyl adjacent to an activating group) is 1. The molecule has 1 atom stereocenters. The van der Waals surface area contributed by atoms with Gasteiger partial charge in [-0.1, -0.05) is 18.1 Å². The highest BCUT2D eigenvalue weighted by atomic mass is 32.2. The minimum Gasteiger partial charge on any atom is -0.465 e. The Morgan fingerprint density at radius 3 is 2.36 bits per heavy atom. The van der Waals surface area contributed by atoms with Gasteiger partial charge in [-0.15, -0.1) is 0 Å². The van der Waals surface area contributed by atoms with Crippen molar-refractivity contribution in [1.82, 2.24) is 29.3 Å². The summed E-state index contributed by atoms with van der Waals surface area (Å²) in [6.07, 6.45) is -1.56. The molecule has 0 radical (unpaired) electrons. The van der Waals surface area contributed by atoms with Crippen molar-refractivity contribution in [3.8, 4) is 23.0 Å². The highest BCUT2D eigenvalue weighted by molar-refractivity contribution is 7.90. The molecule has 1 saturated heterocycles. The van der Waals surface area contributed by atoms with E-state index < -0.39 is 39.6 Å². The highest BCUT2D eigenvalue weighted by Gasteiger charge is 2.29. The van der Waals surface area contributed by atoms with Crippen LogP contribution >= 0.6 is 0 Å². The Balaban J connectivity index is 1.65. The number of carboxylic acid groups (broad SMARTS) is 1. The Kier molecular flexibility index (Phi) is 9.51. The number of benzene rings is 2. The Bertz CT molecular complexity index is 1970. The normalized spacial score (nSPS) is 15.2. The van der Waals surface area contributed by atoms with Crippen LogP contribution in [-0.4, -0.2) is 87.5 Å². The first kappa shape index (κ1) is 33.7. The fourth-order valence-electron chi connectivity index (χ4n) is 5.43. The number of halogens is 2. The van der Waals surface area contributed by atoms with Gasteiger partial charge in [0.2, 0.25) is 0 Å². The fourth-order valence-corrected chi connectivity index (χ4v) is 6.60. The van der Waals surface area contributed by atoms with Crippen molar-refractivity contribution < 1.29 is 32.2 Å². The number of nitrogens with zero attached hydrogens (tertiary/aromatic N) is 5. The Morgan fingerprint density at radius 1 is 1.04 bits per heavy atom. The van der Waals surface area contributed by atoms with Gasteiger partial charge in [0, 0.05) is 55.8 Å². The lowest BCUT2D eigenvalue weighted by atomic mass is 9.94. The summed E-state index contributed by atoms with van der Waals surface area (Å²) in [7, 11) is -0.344. The Morgan fingerprint density at radius 2 is 1.72 bits per heavy atom. The molecule has 248 valence electrons. The summed E-state index contributed by atoms with van der Waals surface area (Å²) >= 11 is 0. The third-order valence-corrected chi connectivity index (χ3v) is 9.09. The van der Waals surface area contributed by atoms with Gasteiger partial charge in [-0.2, -0.15) is 17.8 Å². The first-order valence-corrected chi connectivity index (χ1v) is 16.2. The molecular weight excluding hydrogens is 632 g/mol. The lowest BCUT2D eigenvalue weighted by Crippen LogP contribution is -2.48. The number of hydrogen-bond acceptors (Lipinski definition) is 7. The molecule has 4 N–H and O–H groups in total. The summed E-state index contributed by atoms with van der Waals surface area (Å²) in [6.45, 7) is 4.84. The quantitative estimate of drug-likeness (QED) is 0.209. The van der Waals surface area contributed by atoms with E-state index in [0.29, 0.717) is 48.2 Å². The Labute approximate surface area is 271 Å². The van der Waals surface area contributed by atoms with Crippen LogP contribution in [0.4, 0.5) is 19.4 Å². The van der Waals surface area contributed by atoms with E-state index in [1.807, 2.05) is 11.9 Å². The van der Waals surface area contributed by atoms with Crippen molar-refractivity contribution in [2.45, 2.75) is 31.9 Å². The van der Waals surface area contributed by atoms with Crippen LogP contribution in [0, 0.1) is 23.5 Å². The molecule has 1 aliphatic heterocycles. The molecule has 1 unspecified atom stereocenters. The predicted octanol–water partition coefficient (Wildman–Crippen LogP) is 3.49. The molecule has 3 heterocycles. The van der Waals surface area contributed by atoms with Crippen molar-refractivity contribution in [3.63, 3.8) is 0 Å². The minimum absolute atomic E-state index is 0.112. The van der Waals surface area contributed by atoms with Gasteiger partial charge in [0.25, 0.3) is 0 Å². The largest absolute Gasteiger partial charge is 0.465 e. The van der Waals surface area contributed by atoms with Gasteiger partial charge in [0.1, 0.15) is 22.9 Å². The van der Waals surface area contributed by atoms with Crippen LogP contribution in [0.15, 0.2) is 48.5 Å². The molecule has 47 heavy (non-hydrogen) atoms. The van der Waals surface area contributed by atoms with Gasteiger partial charge in [-0.3, -0.25) is 9.40 Å². The van der Waals surface area contributed by atoms with Crippen molar-refractivity contribution >= 4 is 33.0 Å². The number of nitrogens with one attached hydrogen (secondary N) is 2. The molecule has 0 spiro atoms. The number of piperazine rings is 1. The van der Waals surface area contributed by atoms with Gasteiger partial charge in [-0.25, -0.2) is 18.6 Å².